The molecule has 13 nitrogen and oxygen atoms in total. The number of thiazole rings is 1. The fraction of sp³-hybridized carbons (Fsp3) is 0.410. The topological polar surface area (TPSA) is 164 Å². The molecule has 2 fully saturated rings. The molecule has 1 aliphatic carbocycles. The van der Waals surface area contributed by atoms with Crippen molar-refractivity contribution in [1.82, 2.24) is 34.3 Å². The Kier molecular flexibility index (Phi) is 9.99. The van der Waals surface area contributed by atoms with Gasteiger partial charge in [-0.3, -0.25) is 38.7 Å². The zero-order valence-corrected chi connectivity index (χ0v) is 31.0. The number of imide groups is 1. The number of para-hydroxylation sites is 1. The van der Waals surface area contributed by atoms with Gasteiger partial charge < -0.3 is 10.4 Å². The second-order valence-electron chi connectivity index (χ2n) is 14.6. The van der Waals surface area contributed by atoms with E-state index in [1.54, 1.807) is 32.2 Å². The Morgan fingerprint density at radius 2 is 1.92 bits per heavy atom. The lowest BCUT2D eigenvalue weighted by atomic mass is 9.82. The van der Waals surface area contributed by atoms with Crippen molar-refractivity contribution in [2.24, 2.45) is 13.0 Å². The first-order chi connectivity index (χ1) is 25.4. The maximum atomic E-state index is 13.2. The van der Waals surface area contributed by atoms with Gasteiger partial charge in [-0.15, -0.1) is 11.3 Å². The van der Waals surface area contributed by atoms with Crippen molar-refractivity contribution in [2.75, 3.05) is 25.5 Å². The summed E-state index contributed by atoms with van der Waals surface area (Å²) in [6, 6.07) is 8.57. The molecule has 0 bridgehead atoms. The summed E-state index contributed by atoms with van der Waals surface area (Å²) >= 11 is 1.64. The summed E-state index contributed by atoms with van der Waals surface area (Å²) in [4.78, 5) is 65.7. The SMILES string of the molecule is CN(CC#Cc1cccc2c1n(C)c(=O)n2C1CCC(=O)NC1=O)CC1CCC(c2nc3cc(C(C)(C)O)c(NC(=O)c4cnccn4)cc3s2)CC1. The molecule has 3 amide bonds. The molecule has 2 aliphatic rings. The molecule has 4 heterocycles. The van der Waals surface area contributed by atoms with Crippen LogP contribution in [0.4, 0.5) is 5.69 Å². The fourth-order valence-electron chi connectivity index (χ4n) is 7.51. The Morgan fingerprint density at radius 1 is 1.13 bits per heavy atom. The summed E-state index contributed by atoms with van der Waals surface area (Å²) in [5, 5.41) is 17.3. The van der Waals surface area contributed by atoms with Gasteiger partial charge in [-0.2, -0.15) is 0 Å². The summed E-state index contributed by atoms with van der Waals surface area (Å²) in [5.41, 5.74) is 2.61. The van der Waals surface area contributed by atoms with Crippen molar-refractivity contribution < 1.29 is 19.5 Å². The zero-order chi connectivity index (χ0) is 37.4. The van der Waals surface area contributed by atoms with Gasteiger partial charge in [0.15, 0.2) is 0 Å². The number of carbonyl (C=O) groups is 3. The third-order valence-corrected chi connectivity index (χ3v) is 11.4. The van der Waals surface area contributed by atoms with Crippen LogP contribution >= 0.6 is 11.3 Å². The zero-order valence-electron chi connectivity index (χ0n) is 30.2. The number of hydrogen-bond acceptors (Lipinski definition) is 10. The van der Waals surface area contributed by atoms with E-state index in [0.29, 0.717) is 46.2 Å². The highest BCUT2D eigenvalue weighted by molar-refractivity contribution is 7.18. The first-order valence-corrected chi connectivity index (χ1v) is 18.6. The smallest absolute Gasteiger partial charge is 0.329 e. The Bertz CT molecular complexity index is 2340. The number of benzene rings is 2. The number of imidazole rings is 1. The molecular weight excluding hydrogens is 693 g/mol. The number of fused-ring (bicyclic) bond motifs is 2. The number of aryl methyl sites for hydroxylation is 1. The van der Waals surface area contributed by atoms with Crippen LogP contribution in [0.15, 0.2) is 53.7 Å². The highest BCUT2D eigenvalue weighted by Gasteiger charge is 2.32. The van der Waals surface area contributed by atoms with Gasteiger partial charge in [-0.1, -0.05) is 17.9 Å². The second kappa shape index (κ2) is 14.7. The number of aromatic nitrogens is 5. The van der Waals surface area contributed by atoms with E-state index in [9.17, 15) is 24.3 Å². The minimum absolute atomic E-state index is 0.190. The lowest BCUT2D eigenvalue weighted by molar-refractivity contribution is -0.135. The van der Waals surface area contributed by atoms with Crippen molar-refractivity contribution in [3.8, 4) is 11.8 Å². The maximum absolute atomic E-state index is 13.2. The first-order valence-electron chi connectivity index (χ1n) is 17.8. The molecule has 1 unspecified atom stereocenters. The molecule has 0 spiro atoms. The number of nitrogens with one attached hydrogen (secondary N) is 2. The molecule has 2 aromatic carbocycles. The molecule has 1 atom stereocenters. The number of hydrogen-bond donors (Lipinski definition) is 3. The van der Waals surface area contributed by atoms with Gasteiger partial charge in [-0.05, 0) is 83.2 Å². The van der Waals surface area contributed by atoms with Crippen LogP contribution in [0.5, 0.6) is 0 Å². The molecule has 1 saturated carbocycles. The van der Waals surface area contributed by atoms with E-state index in [2.05, 4.69) is 44.4 Å². The molecule has 3 N–H and O–H groups in total. The average Bonchev–Trinajstić information content (AvgIpc) is 3.66. The van der Waals surface area contributed by atoms with Gasteiger partial charge in [0.05, 0.1) is 50.2 Å². The minimum atomic E-state index is -1.20. The van der Waals surface area contributed by atoms with Crippen LogP contribution in [0.2, 0.25) is 0 Å². The van der Waals surface area contributed by atoms with Crippen LogP contribution in [0.3, 0.4) is 0 Å². The molecule has 5 aromatic rings. The van der Waals surface area contributed by atoms with E-state index in [-0.39, 0.29) is 30.1 Å². The van der Waals surface area contributed by atoms with Crippen LogP contribution in [0, 0.1) is 17.8 Å². The van der Waals surface area contributed by atoms with Gasteiger partial charge in [0.2, 0.25) is 11.8 Å². The number of rotatable bonds is 8. The third-order valence-electron chi connectivity index (χ3n) is 10.2. The molecule has 1 saturated heterocycles. The van der Waals surface area contributed by atoms with Crippen molar-refractivity contribution in [3.63, 3.8) is 0 Å². The Morgan fingerprint density at radius 3 is 2.64 bits per heavy atom. The van der Waals surface area contributed by atoms with Crippen LogP contribution < -0.4 is 16.3 Å². The van der Waals surface area contributed by atoms with E-state index in [1.807, 2.05) is 30.3 Å². The van der Waals surface area contributed by atoms with Crippen molar-refractivity contribution in [1.29, 1.82) is 0 Å². The van der Waals surface area contributed by atoms with Gasteiger partial charge in [-0.25, -0.2) is 14.8 Å². The third kappa shape index (κ3) is 7.50. The number of nitrogens with zero attached hydrogens (tertiary/aromatic N) is 6. The standard InChI is InChI=1S/C39H42N8O5S/c1-39(2,52)26-19-28-32(20-27(26)42-35(49)29-21-40-16-17-41-29)53-37(43-28)25-12-10-23(11-13-25)22-45(3)18-6-8-24-7-5-9-30-34(24)46(4)38(51)47(30)31-14-15-33(48)44-36(31)50/h5,7,9,16-17,19-21,23,25,31,52H,10-15,18,22H2,1-4H3,(H,42,49)(H,44,48,50). The lowest BCUT2D eigenvalue weighted by Crippen LogP contribution is -2.44. The van der Waals surface area contributed by atoms with Crippen LogP contribution in [-0.4, -0.2) is 72.0 Å². The summed E-state index contributed by atoms with van der Waals surface area (Å²) in [6.45, 7) is 4.86. The second-order valence-corrected chi connectivity index (χ2v) is 15.7. The summed E-state index contributed by atoms with van der Waals surface area (Å²) in [6.07, 6.45) is 9.05. The lowest BCUT2D eigenvalue weighted by Gasteiger charge is -2.29. The van der Waals surface area contributed by atoms with E-state index in [0.717, 1.165) is 47.5 Å². The van der Waals surface area contributed by atoms with Crippen molar-refractivity contribution in [3.05, 3.63) is 81.2 Å². The highest BCUT2D eigenvalue weighted by Crippen LogP contribution is 2.41. The Balaban J connectivity index is 0.985. The predicted molar refractivity (Wildman–Crippen MR) is 203 cm³/mol. The van der Waals surface area contributed by atoms with Crippen LogP contribution in [-0.2, 0) is 22.2 Å². The van der Waals surface area contributed by atoms with Crippen LogP contribution in [0.25, 0.3) is 21.3 Å². The molecule has 14 heteroatoms. The monoisotopic (exact) mass is 734 g/mol. The van der Waals surface area contributed by atoms with Crippen molar-refractivity contribution >= 4 is 56.0 Å². The molecule has 0 radical (unpaired) electrons. The quantitative estimate of drug-likeness (QED) is 0.154. The molecule has 274 valence electrons. The van der Waals surface area contributed by atoms with E-state index < -0.39 is 23.5 Å². The van der Waals surface area contributed by atoms with Gasteiger partial charge in [0.1, 0.15) is 11.7 Å². The summed E-state index contributed by atoms with van der Waals surface area (Å²) in [7, 11) is 3.76. The summed E-state index contributed by atoms with van der Waals surface area (Å²) in [5.74, 6) is 6.26. The number of amides is 3. The minimum Gasteiger partial charge on any atom is -0.386 e. The number of piperidine rings is 1. The Hall–Kier alpha value is -5.23. The van der Waals surface area contributed by atoms with Gasteiger partial charge in [0, 0.05) is 49.6 Å². The average molecular weight is 735 g/mol. The predicted octanol–water partition coefficient (Wildman–Crippen LogP) is 4.45. The maximum Gasteiger partial charge on any atom is 0.329 e. The van der Waals surface area contributed by atoms with E-state index in [1.165, 1.54) is 27.7 Å². The van der Waals surface area contributed by atoms with Gasteiger partial charge >= 0.3 is 5.69 Å². The van der Waals surface area contributed by atoms with E-state index >= 15 is 0 Å². The molecule has 53 heavy (non-hydrogen) atoms. The number of anilines is 1. The Labute approximate surface area is 310 Å². The van der Waals surface area contributed by atoms with Crippen LogP contribution in [0.1, 0.15) is 91.0 Å². The molecular formula is C39H42N8O5S. The molecule has 7 rings (SSSR count). The fourth-order valence-corrected chi connectivity index (χ4v) is 8.67. The first kappa shape index (κ1) is 36.1. The summed E-state index contributed by atoms with van der Waals surface area (Å²) < 4.78 is 3.96. The number of carbonyl (C=O) groups excluding carboxylic acids is 3. The largest absolute Gasteiger partial charge is 0.386 e. The molecule has 1 aliphatic heterocycles. The van der Waals surface area contributed by atoms with Crippen molar-refractivity contribution in [2.45, 2.75) is 69.9 Å². The van der Waals surface area contributed by atoms with Gasteiger partial charge in [0.25, 0.3) is 5.91 Å². The van der Waals surface area contributed by atoms with E-state index in [4.69, 9.17) is 4.98 Å². The normalized spacial score (nSPS) is 19.3. The molecule has 3 aromatic heterocycles. The highest BCUT2D eigenvalue weighted by atomic mass is 32.1. The number of aliphatic hydroxyl groups is 1.